The van der Waals surface area contributed by atoms with Crippen molar-refractivity contribution >= 4 is 17.7 Å². The number of methoxy groups -OCH3 is 2. The van der Waals surface area contributed by atoms with E-state index in [1.165, 1.54) is 35.7 Å². The molecule has 0 heterocycles. The molecule has 0 spiro atoms. The molecule has 0 aliphatic heterocycles. The average Bonchev–Trinajstić information content (AvgIpc) is 3.12. The standard InChI is InChI=1S/C21H24O4S/c1-14-9-19(23-2)20(24-3)11-17(14)12-25-21(22)13-26-18-8-7-15-5-4-6-16(15)10-18/h7-11H,4-6,12-13H2,1-3H3. The molecule has 2 aromatic rings. The lowest BCUT2D eigenvalue weighted by molar-refractivity contribution is -0.141. The molecule has 0 atom stereocenters. The van der Waals surface area contributed by atoms with Crippen molar-refractivity contribution in [1.82, 2.24) is 0 Å². The number of hydrogen-bond acceptors (Lipinski definition) is 5. The Balaban J connectivity index is 1.54. The molecule has 0 aromatic heterocycles. The monoisotopic (exact) mass is 372 g/mol. The molecule has 26 heavy (non-hydrogen) atoms. The molecule has 5 heteroatoms. The van der Waals surface area contributed by atoms with Gasteiger partial charge in [-0.05, 0) is 72.7 Å². The number of esters is 1. The Hall–Kier alpha value is -2.14. The first kappa shape index (κ1) is 18.6. The SMILES string of the molecule is COc1cc(C)c(COC(=O)CSc2ccc3c(c2)CCC3)cc1OC. The number of hydrogen-bond donors (Lipinski definition) is 0. The highest BCUT2D eigenvalue weighted by Gasteiger charge is 2.13. The molecule has 0 saturated carbocycles. The molecule has 0 saturated heterocycles. The third kappa shape index (κ3) is 4.33. The van der Waals surface area contributed by atoms with Crippen LogP contribution in [0.15, 0.2) is 35.2 Å². The second kappa shape index (κ2) is 8.49. The maximum absolute atomic E-state index is 12.1. The molecule has 0 unspecified atom stereocenters. The van der Waals surface area contributed by atoms with Gasteiger partial charge in [0.1, 0.15) is 6.61 Å². The van der Waals surface area contributed by atoms with Gasteiger partial charge in [-0.15, -0.1) is 11.8 Å². The first-order valence-electron chi connectivity index (χ1n) is 8.72. The van der Waals surface area contributed by atoms with E-state index in [9.17, 15) is 4.79 Å². The summed E-state index contributed by atoms with van der Waals surface area (Å²) in [7, 11) is 3.20. The number of carbonyl (C=O) groups excluding carboxylic acids is 1. The van der Waals surface area contributed by atoms with E-state index in [4.69, 9.17) is 14.2 Å². The first-order valence-corrected chi connectivity index (χ1v) is 9.71. The summed E-state index contributed by atoms with van der Waals surface area (Å²) >= 11 is 1.53. The van der Waals surface area contributed by atoms with Crippen molar-refractivity contribution in [3.63, 3.8) is 0 Å². The van der Waals surface area contributed by atoms with Crippen molar-refractivity contribution in [3.8, 4) is 11.5 Å². The van der Waals surface area contributed by atoms with Gasteiger partial charge in [0.2, 0.25) is 0 Å². The average molecular weight is 372 g/mol. The fourth-order valence-electron chi connectivity index (χ4n) is 3.16. The van der Waals surface area contributed by atoms with Crippen molar-refractivity contribution in [1.29, 1.82) is 0 Å². The molecule has 0 N–H and O–H groups in total. The lowest BCUT2D eigenvalue weighted by Gasteiger charge is -2.13. The maximum Gasteiger partial charge on any atom is 0.316 e. The van der Waals surface area contributed by atoms with Gasteiger partial charge in [-0.25, -0.2) is 0 Å². The van der Waals surface area contributed by atoms with E-state index in [0.29, 0.717) is 17.3 Å². The summed E-state index contributed by atoms with van der Waals surface area (Å²) in [6.45, 7) is 2.19. The van der Waals surface area contributed by atoms with Crippen LogP contribution in [0.4, 0.5) is 0 Å². The number of aryl methyl sites for hydroxylation is 3. The van der Waals surface area contributed by atoms with Crippen LogP contribution in [-0.2, 0) is 29.0 Å². The quantitative estimate of drug-likeness (QED) is 0.534. The first-order chi connectivity index (χ1) is 12.6. The predicted molar refractivity (Wildman–Crippen MR) is 103 cm³/mol. The molecule has 138 valence electrons. The molecule has 3 rings (SSSR count). The number of fused-ring (bicyclic) bond motifs is 1. The highest BCUT2D eigenvalue weighted by molar-refractivity contribution is 8.00. The summed E-state index contributed by atoms with van der Waals surface area (Å²) < 4.78 is 16.0. The van der Waals surface area contributed by atoms with E-state index in [2.05, 4.69) is 18.2 Å². The lowest BCUT2D eigenvalue weighted by Crippen LogP contribution is -2.08. The normalized spacial score (nSPS) is 12.6. The van der Waals surface area contributed by atoms with Crippen LogP contribution >= 0.6 is 11.8 Å². The fraction of sp³-hybridized carbons (Fsp3) is 0.381. The highest BCUT2D eigenvalue weighted by atomic mass is 32.2. The van der Waals surface area contributed by atoms with E-state index >= 15 is 0 Å². The summed E-state index contributed by atoms with van der Waals surface area (Å²) in [5.74, 6) is 1.40. The summed E-state index contributed by atoms with van der Waals surface area (Å²) in [5.41, 5.74) is 4.78. The highest BCUT2D eigenvalue weighted by Crippen LogP contribution is 2.31. The number of ether oxygens (including phenoxy) is 3. The second-order valence-corrected chi connectivity index (χ2v) is 7.42. The van der Waals surface area contributed by atoms with Crippen molar-refractivity contribution in [2.45, 2.75) is 37.7 Å². The topological polar surface area (TPSA) is 44.8 Å². The molecule has 0 amide bonds. The minimum Gasteiger partial charge on any atom is -0.493 e. The van der Waals surface area contributed by atoms with Gasteiger partial charge in [0, 0.05) is 4.90 Å². The zero-order chi connectivity index (χ0) is 18.5. The molecule has 0 fully saturated rings. The van der Waals surface area contributed by atoms with E-state index in [-0.39, 0.29) is 12.6 Å². The van der Waals surface area contributed by atoms with Crippen LogP contribution < -0.4 is 9.47 Å². The Bertz CT molecular complexity index is 801. The van der Waals surface area contributed by atoms with Crippen LogP contribution in [-0.4, -0.2) is 25.9 Å². The van der Waals surface area contributed by atoms with Gasteiger partial charge in [-0.1, -0.05) is 6.07 Å². The summed E-state index contributed by atoms with van der Waals surface area (Å²) in [5, 5.41) is 0. The molecule has 2 aromatic carbocycles. The van der Waals surface area contributed by atoms with Crippen LogP contribution in [0, 0.1) is 6.92 Å². The van der Waals surface area contributed by atoms with Crippen LogP contribution in [0.1, 0.15) is 28.7 Å². The Morgan fingerprint density at radius 2 is 1.77 bits per heavy atom. The summed E-state index contributed by atoms with van der Waals surface area (Å²) in [4.78, 5) is 13.2. The molecule has 1 aliphatic rings. The molecular formula is C21H24O4S. The largest absolute Gasteiger partial charge is 0.493 e. The summed E-state index contributed by atoms with van der Waals surface area (Å²) in [6.07, 6.45) is 3.55. The summed E-state index contributed by atoms with van der Waals surface area (Å²) in [6, 6.07) is 10.2. The smallest absolute Gasteiger partial charge is 0.316 e. The second-order valence-electron chi connectivity index (χ2n) is 6.37. The van der Waals surface area contributed by atoms with E-state index < -0.39 is 0 Å². The minimum absolute atomic E-state index is 0.218. The number of carbonyl (C=O) groups is 1. The van der Waals surface area contributed by atoms with Crippen molar-refractivity contribution in [2.24, 2.45) is 0 Å². The van der Waals surface area contributed by atoms with Gasteiger partial charge in [0.25, 0.3) is 0 Å². The van der Waals surface area contributed by atoms with Crippen LogP contribution in [0.5, 0.6) is 11.5 Å². The third-order valence-electron chi connectivity index (χ3n) is 4.66. The number of benzene rings is 2. The zero-order valence-electron chi connectivity index (χ0n) is 15.5. The van der Waals surface area contributed by atoms with Gasteiger partial charge in [0.05, 0.1) is 20.0 Å². The van der Waals surface area contributed by atoms with Crippen molar-refractivity contribution < 1.29 is 19.0 Å². The van der Waals surface area contributed by atoms with Crippen LogP contribution in [0.3, 0.4) is 0 Å². The number of rotatable bonds is 7. The number of thioether (sulfide) groups is 1. The lowest BCUT2D eigenvalue weighted by atomic mass is 10.1. The Labute approximate surface area is 158 Å². The van der Waals surface area contributed by atoms with Gasteiger partial charge in [0.15, 0.2) is 11.5 Å². The molecular weight excluding hydrogens is 348 g/mol. The Morgan fingerprint density at radius 1 is 1.04 bits per heavy atom. The minimum atomic E-state index is -0.218. The van der Waals surface area contributed by atoms with E-state index in [1.807, 2.05) is 19.1 Å². The van der Waals surface area contributed by atoms with Gasteiger partial charge >= 0.3 is 5.97 Å². The molecule has 0 radical (unpaired) electrons. The van der Waals surface area contributed by atoms with Gasteiger partial charge in [-0.2, -0.15) is 0 Å². The zero-order valence-corrected chi connectivity index (χ0v) is 16.3. The molecule has 0 bridgehead atoms. The van der Waals surface area contributed by atoms with E-state index in [0.717, 1.165) is 22.4 Å². The fourth-order valence-corrected chi connectivity index (χ4v) is 3.92. The predicted octanol–water partition coefficient (Wildman–Crippen LogP) is 4.34. The third-order valence-corrected chi connectivity index (χ3v) is 5.62. The Kier molecular flexibility index (Phi) is 6.09. The molecule has 1 aliphatic carbocycles. The van der Waals surface area contributed by atoms with Gasteiger partial charge in [-0.3, -0.25) is 4.79 Å². The van der Waals surface area contributed by atoms with Crippen molar-refractivity contribution in [2.75, 3.05) is 20.0 Å². The molecule has 4 nitrogen and oxygen atoms in total. The van der Waals surface area contributed by atoms with Crippen molar-refractivity contribution in [3.05, 3.63) is 52.6 Å². The Morgan fingerprint density at radius 3 is 2.54 bits per heavy atom. The van der Waals surface area contributed by atoms with Crippen LogP contribution in [0.25, 0.3) is 0 Å². The van der Waals surface area contributed by atoms with E-state index in [1.54, 1.807) is 14.2 Å². The van der Waals surface area contributed by atoms with Crippen LogP contribution in [0.2, 0.25) is 0 Å². The van der Waals surface area contributed by atoms with Gasteiger partial charge < -0.3 is 14.2 Å². The maximum atomic E-state index is 12.1.